The second-order valence-electron chi connectivity index (χ2n) is 5.23. The summed E-state index contributed by atoms with van der Waals surface area (Å²) < 4.78 is 0. The van der Waals surface area contributed by atoms with E-state index in [1.165, 1.54) is 32.1 Å². The second kappa shape index (κ2) is 10.2. The summed E-state index contributed by atoms with van der Waals surface area (Å²) in [6.45, 7) is 2.21. The summed E-state index contributed by atoms with van der Waals surface area (Å²) in [6, 6.07) is 6.89. The highest BCUT2D eigenvalue weighted by Crippen LogP contribution is 2.23. The van der Waals surface area contributed by atoms with Crippen molar-refractivity contribution in [1.29, 1.82) is 5.26 Å². The molecule has 1 aromatic rings. The molecule has 0 unspecified atom stereocenters. The molecule has 1 aromatic carbocycles. The van der Waals surface area contributed by atoms with Gasteiger partial charge in [-0.1, -0.05) is 57.0 Å². The number of amides is 1. The monoisotopic (exact) mass is 306 g/mol. The molecular weight excluding hydrogens is 284 g/mol. The second-order valence-corrected chi connectivity index (χ2v) is 5.63. The topological polar surface area (TPSA) is 52.9 Å². The van der Waals surface area contributed by atoms with E-state index in [4.69, 9.17) is 16.9 Å². The fourth-order valence-corrected chi connectivity index (χ4v) is 2.37. The summed E-state index contributed by atoms with van der Waals surface area (Å²) in [6.07, 6.45) is 8.84. The molecule has 0 aliphatic heterocycles. The number of hydrogen-bond acceptors (Lipinski definition) is 2. The van der Waals surface area contributed by atoms with Crippen LogP contribution in [0.2, 0.25) is 5.02 Å². The van der Waals surface area contributed by atoms with Crippen LogP contribution < -0.4 is 5.32 Å². The Morgan fingerprint density at radius 2 is 1.86 bits per heavy atom. The van der Waals surface area contributed by atoms with E-state index in [0.29, 0.717) is 22.7 Å². The minimum absolute atomic E-state index is 0.0184. The molecule has 0 heterocycles. The normalized spacial score (nSPS) is 10.1. The summed E-state index contributed by atoms with van der Waals surface area (Å²) in [4.78, 5) is 11.8. The van der Waals surface area contributed by atoms with Crippen LogP contribution in [-0.2, 0) is 4.79 Å². The van der Waals surface area contributed by atoms with Gasteiger partial charge < -0.3 is 5.32 Å². The summed E-state index contributed by atoms with van der Waals surface area (Å²) in [5.74, 6) is -0.0184. The van der Waals surface area contributed by atoms with Crippen molar-refractivity contribution < 1.29 is 4.79 Å². The average molecular weight is 307 g/mol. The van der Waals surface area contributed by atoms with Crippen molar-refractivity contribution in [2.24, 2.45) is 0 Å². The van der Waals surface area contributed by atoms with Gasteiger partial charge in [0.2, 0.25) is 5.91 Å². The number of carbonyl (C=O) groups is 1. The van der Waals surface area contributed by atoms with Gasteiger partial charge in [0.15, 0.2) is 0 Å². The first-order chi connectivity index (χ1) is 10.2. The molecule has 0 atom stereocenters. The largest absolute Gasteiger partial charge is 0.325 e. The lowest BCUT2D eigenvalue weighted by molar-refractivity contribution is -0.116. The third kappa shape index (κ3) is 7.15. The smallest absolute Gasteiger partial charge is 0.224 e. The van der Waals surface area contributed by atoms with Crippen molar-refractivity contribution in [3.63, 3.8) is 0 Å². The van der Waals surface area contributed by atoms with Gasteiger partial charge in [-0.15, -0.1) is 0 Å². The van der Waals surface area contributed by atoms with Gasteiger partial charge in [-0.25, -0.2) is 0 Å². The molecule has 0 spiro atoms. The molecule has 0 aromatic heterocycles. The lowest BCUT2D eigenvalue weighted by atomic mass is 10.1. The number of nitriles is 1. The predicted molar refractivity (Wildman–Crippen MR) is 87.4 cm³/mol. The van der Waals surface area contributed by atoms with Crippen LogP contribution >= 0.6 is 11.6 Å². The van der Waals surface area contributed by atoms with E-state index in [1.54, 1.807) is 18.2 Å². The highest BCUT2D eigenvalue weighted by molar-refractivity contribution is 6.33. The van der Waals surface area contributed by atoms with Crippen molar-refractivity contribution in [2.45, 2.75) is 58.3 Å². The Morgan fingerprint density at radius 3 is 2.48 bits per heavy atom. The molecule has 114 valence electrons. The number of unbranched alkanes of at least 4 members (excludes halogenated alkanes) is 6. The third-order valence-corrected chi connectivity index (χ3v) is 3.69. The van der Waals surface area contributed by atoms with Crippen molar-refractivity contribution in [2.75, 3.05) is 5.32 Å². The van der Waals surface area contributed by atoms with Crippen LogP contribution in [0.15, 0.2) is 18.2 Å². The van der Waals surface area contributed by atoms with Crippen molar-refractivity contribution in [1.82, 2.24) is 0 Å². The Bertz CT molecular complexity index is 494. The van der Waals surface area contributed by atoms with Gasteiger partial charge in [0, 0.05) is 6.42 Å². The van der Waals surface area contributed by atoms with Crippen molar-refractivity contribution in [3.8, 4) is 6.07 Å². The standard InChI is InChI=1S/C17H23ClN2O/c1-2-3-4-5-6-7-8-9-17(21)20-16-11-10-14(13-19)12-15(16)18/h10-12H,2-9H2,1H3,(H,20,21). The van der Waals surface area contributed by atoms with Gasteiger partial charge >= 0.3 is 0 Å². The molecule has 0 fully saturated rings. The molecule has 0 bridgehead atoms. The number of rotatable bonds is 9. The van der Waals surface area contributed by atoms with Crippen molar-refractivity contribution in [3.05, 3.63) is 28.8 Å². The quantitative estimate of drug-likeness (QED) is 0.630. The Hall–Kier alpha value is -1.53. The van der Waals surface area contributed by atoms with Crippen LogP contribution in [0.1, 0.15) is 63.9 Å². The SMILES string of the molecule is CCCCCCCCCC(=O)Nc1ccc(C#N)cc1Cl. The van der Waals surface area contributed by atoms with Crippen LogP contribution in [0.25, 0.3) is 0 Å². The Morgan fingerprint density at radius 1 is 1.19 bits per heavy atom. The van der Waals surface area contributed by atoms with Gasteiger partial charge in [-0.3, -0.25) is 4.79 Å². The zero-order valence-corrected chi connectivity index (χ0v) is 13.4. The predicted octanol–water partition coefficient (Wildman–Crippen LogP) is 5.29. The maximum absolute atomic E-state index is 11.8. The van der Waals surface area contributed by atoms with Gasteiger partial charge in [-0.05, 0) is 24.6 Å². The van der Waals surface area contributed by atoms with E-state index in [0.717, 1.165) is 12.8 Å². The maximum atomic E-state index is 11.8. The van der Waals surface area contributed by atoms with Gasteiger partial charge in [0.05, 0.1) is 22.3 Å². The van der Waals surface area contributed by atoms with Crippen LogP contribution in [0.4, 0.5) is 5.69 Å². The van der Waals surface area contributed by atoms with Crippen molar-refractivity contribution >= 4 is 23.2 Å². The molecule has 21 heavy (non-hydrogen) atoms. The minimum atomic E-state index is -0.0184. The lowest BCUT2D eigenvalue weighted by Gasteiger charge is -2.07. The highest BCUT2D eigenvalue weighted by atomic mass is 35.5. The van der Waals surface area contributed by atoms with E-state index < -0.39 is 0 Å². The van der Waals surface area contributed by atoms with E-state index in [-0.39, 0.29) is 5.91 Å². The van der Waals surface area contributed by atoms with Gasteiger partial charge in [0.1, 0.15) is 0 Å². The molecule has 1 amide bonds. The Balaban J connectivity index is 2.23. The maximum Gasteiger partial charge on any atom is 0.224 e. The molecule has 0 aliphatic carbocycles. The number of halogens is 1. The van der Waals surface area contributed by atoms with Crippen LogP contribution in [0.3, 0.4) is 0 Å². The van der Waals surface area contributed by atoms with Gasteiger partial charge in [-0.2, -0.15) is 5.26 Å². The number of carbonyl (C=O) groups excluding carboxylic acids is 1. The first-order valence-electron chi connectivity index (χ1n) is 7.67. The number of nitrogens with zero attached hydrogens (tertiary/aromatic N) is 1. The highest BCUT2D eigenvalue weighted by Gasteiger charge is 2.06. The number of hydrogen-bond donors (Lipinski definition) is 1. The fourth-order valence-electron chi connectivity index (χ4n) is 2.14. The Labute approximate surface area is 132 Å². The zero-order valence-electron chi connectivity index (χ0n) is 12.6. The molecule has 0 saturated heterocycles. The first kappa shape index (κ1) is 17.5. The molecule has 4 heteroatoms. The molecule has 0 radical (unpaired) electrons. The number of anilines is 1. The lowest BCUT2D eigenvalue weighted by Crippen LogP contribution is -2.11. The molecule has 1 N–H and O–H groups in total. The van der Waals surface area contributed by atoms with E-state index >= 15 is 0 Å². The summed E-state index contributed by atoms with van der Waals surface area (Å²) in [5, 5.41) is 12.0. The van der Waals surface area contributed by atoms with E-state index in [9.17, 15) is 4.79 Å². The van der Waals surface area contributed by atoms with Crippen LogP contribution in [0.5, 0.6) is 0 Å². The zero-order chi connectivity index (χ0) is 15.5. The summed E-state index contributed by atoms with van der Waals surface area (Å²) in [7, 11) is 0. The van der Waals surface area contributed by atoms with Crippen LogP contribution in [0, 0.1) is 11.3 Å². The third-order valence-electron chi connectivity index (χ3n) is 3.38. The molecule has 0 saturated carbocycles. The molecular formula is C17H23ClN2O. The first-order valence-corrected chi connectivity index (χ1v) is 8.04. The average Bonchev–Trinajstić information content (AvgIpc) is 2.48. The minimum Gasteiger partial charge on any atom is -0.325 e. The number of benzene rings is 1. The van der Waals surface area contributed by atoms with E-state index in [1.807, 2.05) is 6.07 Å². The molecule has 3 nitrogen and oxygen atoms in total. The Kier molecular flexibility index (Phi) is 8.54. The summed E-state index contributed by atoms with van der Waals surface area (Å²) >= 11 is 6.02. The molecule has 0 aliphatic rings. The van der Waals surface area contributed by atoms with Gasteiger partial charge in [0.25, 0.3) is 0 Å². The fraction of sp³-hybridized carbons (Fsp3) is 0.529. The summed E-state index contributed by atoms with van der Waals surface area (Å²) in [5.41, 5.74) is 1.06. The van der Waals surface area contributed by atoms with Crippen LogP contribution in [-0.4, -0.2) is 5.91 Å². The molecule has 1 rings (SSSR count). The number of nitrogens with one attached hydrogen (secondary N) is 1. The van der Waals surface area contributed by atoms with E-state index in [2.05, 4.69) is 12.2 Å².